The molecule has 2 aromatic rings. The van der Waals surface area contributed by atoms with Crippen LogP contribution in [0.5, 0.6) is 6.01 Å². The van der Waals surface area contributed by atoms with Gasteiger partial charge in [-0.1, -0.05) is 29.8 Å². The summed E-state index contributed by atoms with van der Waals surface area (Å²) in [6, 6.07) is 8.22. The number of aromatic nitrogens is 3. The Morgan fingerprint density at radius 3 is 2.61 bits per heavy atom. The third-order valence-corrected chi connectivity index (χ3v) is 4.15. The van der Waals surface area contributed by atoms with Gasteiger partial charge in [0.05, 0.1) is 7.11 Å². The van der Waals surface area contributed by atoms with Gasteiger partial charge in [0.1, 0.15) is 6.04 Å². The molecule has 0 radical (unpaired) electrons. The summed E-state index contributed by atoms with van der Waals surface area (Å²) >= 11 is 1.46. The van der Waals surface area contributed by atoms with Crippen LogP contribution in [0.25, 0.3) is 0 Å². The standard InChI is InChI=1S/C16H17N5OS/c1-11-6-8-12(9-7-11)23-16-19-14(18-15(20-16)22-2)13-5-3-4-10-21(13)17/h3-10,13H,17H2,1-2H3. The minimum atomic E-state index is -0.241. The Balaban J connectivity index is 1.91. The van der Waals surface area contributed by atoms with E-state index < -0.39 is 0 Å². The van der Waals surface area contributed by atoms with Crippen molar-refractivity contribution in [3.05, 3.63) is 60.1 Å². The quantitative estimate of drug-likeness (QED) is 0.865. The fraction of sp³-hybridized carbons (Fsp3) is 0.188. The normalized spacial score (nSPS) is 16.7. The van der Waals surface area contributed by atoms with Crippen LogP contribution < -0.4 is 10.6 Å². The van der Waals surface area contributed by atoms with Gasteiger partial charge in [-0.2, -0.15) is 9.97 Å². The van der Waals surface area contributed by atoms with Crippen LogP contribution in [-0.4, -0.2) is 27.1 Å². The van der Waals surface area contributed by atoms with Crippen molar-refractivity contribution >= 4 is 11.8 Å². The summed E-state index contributed by atoms with van der Waals surface area (Å²) in [6.07, 6.45) is 7.47. The fourth-order valence-corrected chi connectivity index (χ4v) is 2.81. The molecule has 118 valence electrons. The number of hydrogen-bond acceptors (Lipinski definition) is 7. The maximum Gasteiger partial charge on any atom is 0.320 e. The molecule has 1 aliphatic rings. The van der Waals surface area contributed by atoms with Crippen molar-refractivity contribution in [2.45, 2.75) is 23.0 Å². The minimum Gasteiger partial charge on any atom is -0.467 e. The maximum absolute atomic E-state index is 5.97. The molecule has 1 aromatic carbocycles. The number of allylic oxidation sites excluding steroid dienone is 2. The number of benzene rings is 1. The van der Waals surface area contributed by atoms with Gasteiger partial charge in [0.2, 0.25) is 0 Å². The first-order valence-corrected chi connectivity index (χ1v) is 7.90. The minimum absolute atomic E-state index is 0.241. The Kier molecular flexibility index (Phi) is 4.59. The first-order valence-electron chi connectivity index (χ1n) is 7.08. The molecule has 0 bridgehead atoms. The van der Waals surface area contributed by atoms with Gasteiger partial charge in [0.15, 0.2) is 11.0 Å². The molecular weight excluding hydrogens is 310 g/mol. The molecule has 1 atom stereocenters. The number of rotatable bonds is 4. The van der Waals surface area contributed by atoms with Crippen LogP contribution in [0, 0.1) is 6.92 Å². The first-order chi connectivity index (χ1) is 11.2. The van der Waals surface area contributed by atoms with Gasteiger partial charge in [-0.25, -0.2) is 10.8 Å². The zero-order valence-corrected chi connectivity index (χ0v) is 13.7. The van der Waals surface area contributed by atoms with E-state index in [2.05, 4.69) is 34.0 Å². The van der Waals surface area contributed by atoms with Gasteiger partial charge in [-0.3, -0.25) is 0 Å². The van der Waals surface area contributed by atoms with E-state index in [9.17, 15) is 0 Å². The zero-order valence-electron chi connectivity index (χ0n) is 12.9. The molecule has 1 unspecified atom stereocenters. The van der Waals surface area contributed by atoms with Crippen LogP contribution in [0.15, 0.2) is 58.7 Å². The van der Waals surface area contributed by atoms with Gasteiger partial charge < -0.3 is 9.75 Å². The number of nitrogens with zero attached hydrogens (tertiary/aromatic N) is 4. The van der Waals surface area contributed by atoms with Gasteiger partial charge in [-0.15, -0.1) is 0 Å². The van der Waals surface area contributed by atoms with Crippen molar-refractivity contribution in [3.63, 3.8) is 0 Å². The number of ether oxygens (including phenoxy) is 1. The van der Waals surface area contributed by atoms with E-state index in [0.29, 0.717) is 11.0 Å². The van der Waals surface area contributed by atoms with Crippen LogP contribution in [0.2, 0.25) is 0 Å². The number of hydrogen-bond donors (Lipinski definition) is 1. The summed E-state index contributed by atoms with van der Waals surface area (Å²) < 4.78 is 5.20. The third-order valence-electron chi connectivity index (χ3n) is 3.27. The van der Waals surface area contributed by atoms with Crippen molar-refractivity contribution in [1.82, 2.24) is 20.0 Å². The number of methoxy groups -OCH3 is 1. The second kappa shape index (κ2) is 6.80. The Bertz CT molecular complexity index is 745. The molecule has 2 heterocycles. The number of hydrazine groups is 1. The average molecular weight is 327 g/mol. The summed E-state index contributed by atoms with van der Waals surface area (Å²) in [7, 11) is 1.54. The predicted octanol–water partition coefficient (Wildman–Crippen LogP) is 2.64. The smallest absolute Gasteiger partial charge is 0.320 e. The molecule has 0 saturated carbocycles. The predicted molar refractivity (Wildman–Crippen MR) is 88.7 cm³/mol. The fourth-order valence-electron chi connectivity index (χ4n) is 2.06. The summed E-state index contributed by atoms with van der Waals surface area (Å²) in [5.41, 5.74) is 1.21. The molecule has 6 nitrogen and oxygen atoms in total. The maximum atomic E-state index is 5.97. The Labute approximate surface area is 139 Å². The van der Waals surface area contributed by atoms with Crippen LogP contribution in [0.3, 0.4) is 0 Å². The van der Waals surface area contributed by atoms with E-state index >= 15 is 0 Å². The summed E-state index contributed by atoms with van der Waals surface area (Å²) in [4.78, 5) is 14.2. The Morgan fingerprint density at radius 1 is 1.13 bits per heavy atom. The molecule has 0 fully saturated rings. The summed E-state index contributed by atoms with van der Waals surface area (Å²) in [6.45, 7) is 2.05. The molecule has 0 aliphatic carbocycles. The van der Waals surface area contributed by atoms with Crippen molar-refractivity contribution in [2.24, 2.45) is 5.84 Å². The highest BCUT2D eigenvalue weighted by Gasteiger charge is 2.20. The Hall–Kier alpha value is -2.38. The molecular formula is C16H17N5OS. The van der Waals surface area contributed by atoms with Crippen LogP contribution >= 0.6 is 11.8 Å². The van der Waals surface area contributed by atoms with E-state index in [1.807, 2.05) is 30.4 Å². The van der Waals surface area contributed by atoms with Gasteiger partial charge in [-0.05, 0) is 36.9 Å². The van der Waals surface area contributed by atoms with Gasteiger partial charge in [0.25, 0.3) is 0 Å². The average Bonchev–Trinajstić information content (AvgIpc) is 2.57. The van der Waals surface area contributed by atoms with Crippen LogP contribution in [-0.2, 0) is 0 Å². The lowest BCUT2D eigenvalue weighted by Gasteiger charge is -2.24. The lowest BCUT2D eigenvalue weighted by molar-refractivity contribution is 0.309. The molecule has 0 spiro atoms. The topological polar surface area (TPSA) is 77.2 Å². The molecule has 0 amide bonds. The monoisotopic (exact) mass is 327 g/mol. The van der Waals surface area contributed by atoms with Gasteiger partial charge in [0, 0.05) is 11.1 Å². The highest BCUT2D eigenvalue weighted by molar-refractivity contribution is 7.99. The molecule has 0 saturated heterocycles. The molecule has 7 heteroatoms. The Morgan fingerprint density at radius 2 is 1.91 bits per heavy atom. The largest absolute Gasteiger partial charge is 0.467 e. The summed E-state index contributed by atoms with van der Waals surface area (Å²) in [5.74, 6) is 6.52. The molecule has 3 rings (SSSR count). The van der Waals surface area contributed by atoms with E-state index in [4.69, 9.17) is 10.6 Å². The van der Waals surface area contributed by atoms with Crippen LogP contribution in [0.1, 0.15) is 17.4 Å². The number of aryl methyl sites for hydroxylation is 1. The molecule has 1 aliphatic heterocycles. The van der Waals surface area contributed by atoms with E-state index in [1.165, 1.54) is 24.4 Å². The van der Waals surface area contributed by atoms with E-state index in [-0.39, 0.29) is 12.1 Å². The highest BCUT2D eigenvalue weighted by Crippen LogP contribution is 2.28. The van der Waals surface area contributed by atoms with E-state index in [0.717, 1.165) is 4.90 Å². The lowest BCUT2D eigenvalue weighted by Crippen LogP contribution is -2.31. The van der Waals surface area contributed by atoms with Crippen molar-refractivity contribution in [3.8, 4) is 6.01 Å². The summed E-state index contributed by atoms with van der Waals surface area (Å²) in [5, 5.41) is 2.13. The SMILES string of the molecule is COc1nc(Sc2ccc(C)cc2)nc(C2C=CC=CN2N)n1. The first kappa shape index (κ1) is 15.5. The highest BCUT2D eigenvalue weighted by atomic mass is 32.2. The van der Waals surface area contributed by atoms with Crippen LogP contribution in [0.4, 0.5) is 0 Å². The van der Waals surface area contributed by atoms with Gasteiger partial charge >= 0.3 is 6.01 Å². The zero-order chi connectivity index (χ0) is 16.2. The lowest BCUT2D eigenvalue weighted by atomic mass is 10.2. The number of nitrogens with two attached hydrogens (primary N) is 1. The second-order valence-corrected chi connectivity index (χ2v) is 6.04. The van der Waals surface area contributed by atoms with Crippen molar-refractivity contribution in [1.29, 1.82) is 0 Å². The van der Waals surface area contributed by atoms with E-state index in [1.54, 1.807) is 11.2 Å². The third kappa shape index (κ3) is 3.69. The molecule has 23 heavy (non-hydrogen) atoms. The van der Waals surface area contributed by atoms with Crippen molar-refractivity contribution in [2.75, 3.05) is 7.11 Å². The second-order valence-electron chi connectivity index (χ2n) is 5.00. The molecule has 1 aromatic heterocycles. The van der Waals surface area contributed by atoms with Crippen molar-refractivity contribution < 1.29 is 4.74 Å². The molecule has 2 N–H and O–H groups in total.